The average Bonchev–Trinajstić information content (AvgIpc) is 3.33. The van der Waals surface area contributed by atoms with Gasteiger partial charge in [-0.15, -0.1) is 22.7 Å². The van der Waals surface area contributed by atoms with E-state index in [0.717, 1.165) is 10.4 Å². The van der Waals surface area contributed by atoms with Gasteiger partial charge < -0.3 is 9.84 Å². The Hall–Kier alpha value is -2.97. The standard InChI is InChI=1S/C19H15N3O3S2/c1-2-25-14-6-3-5-12(17(14)23)9-21-22-11-20-18-16(19(22)24)13(10-27-18)15-7-4-8-26-15/h3-11,23H,2H2,1H3. The molecule has 0 atom stereocenters. The van der Waals surface area contributed by atoms with Gasteiger partial charge in [0.25, 0.3) is 5.56 Å². The second kappa shape index (κ2) is 7.34. The maximum absolute atomic E-state index is 12.9. The molecule has 136 valence electrons. The van der Waals surface area contributed by atoms with Gasteiger partial charge in [0.05, 0.1) is 18.2 Å². The highest BCUT2D eigenvalue weighted by Crippen LogP contribution is 2.33. The Labute approximate surface area is 162 Å². The number of phenols is 1. The van der Waals surface area contributed by atoms with E-state index < -0.39 is 0 Å². The van der Waals surface area contributed by atoms with E-state index in [-0.39, 0.29) is 11.3 Å². The fourth-order valence-corrected chi connectivity index (χ4v) is 4.38. The summed E-state index contributed by atoms with van der Waals surface area (Å²) in [5.41, 5.74) is 1.08. The summed E-state index contributed by atoms with van der Waals surface area (Å²) in [4.78, 5) is 18.9. The first-order valence-electron chi connectivity index (χ1n) is 8.21. The van der Waals surface area contributed by atoms with E-state index in [2.05, 4.69) is 10.1 Å². The molecular formula is C19H15N3O3S2. The number of nitrogens with zero attached hydrogens (tertiary/aromatic N) is 3. The quantitative estimate of drug-likeness (QED) is 0.513. The fraction of sp³-hybridized carbons (Fsp3) is 0.105. The third kappa shape index (κ3) is 3.24. The maximum Gasteiger partial charge on any atom is 0.283 e. The summed E-state index contributed by atoms with van der Waals surface area (Å²) in [7, 11) is 0. The molecule has 0 amide bonds. The molecule has 8 heteroatoms. The Balaban J connectivity index is 1.76. The van der Waals surface area contributed by atoms with Gasteiger partial charge in [-0.25, -0.2) is 4.98 Å². The number of aromatic hydroxyl groups is 1. The molecule has 0 bridgehead atoms. The fourth-order valence-electron chi connectivity index (χ4n) is 2.66. The lowest BCUT2D eigenvalue weighted by atomic mass is 10.2. The highest BCUT2D eigenvalue weighted by Gasteiger charge is 2.14. The van der Waals surface area contributed by atoms with Gasteiger partial charge in [-0.05, 0) is 30.5 Å². The monoisotopic (exact) mass is 397 g/mol. The SMILES string of the molecule is CCOc1cccc(C=Nn2cnc3scc(-c4cccs4)c3c2=O)c1O. The topological polar surface area (TPSA) is 76.7 Å². The molecule has 4 rings (SSSR count). The van der Waals surface area contributed by atoms with Crippen LogP contribution in [-0.4, -0.2) is 27.6 Å². The highest BCUT2D eigenvalue weighted by atomic mass is 32.1. The molecule has 27 heavy (non-hydrogen) atoms. The van der Waals surface area contributed by atoms with Crippen LogP contribution in [0.4, 0.5) is 0 Å². The Morgan fingerprint density at radius 3 is 2.96 bits per heavy atom. The first kappa shape index (κ1) is 17.4. The molecule has 0 radical (unpaired) electrons. The molecule has 4 aromatic rings. The lowest BCUT2D eigenvalue weighted by molar-refractivity contribution is 0.318. The number of hydrogen-bond donors (Lipinski definition) is 1. The highest BCUT2D eigenvalue weighted by molar-refractivity contribution is 7.18. The Morgan fingerprint density at radius 2 is 2.19 bits per heavy atom. The van der Waals surface area contributed by atoms with E-state index in [1.807, 2.05) is 29.8 Å². The molecule has 0 aliphatic heterocycles. The minimum atomic E-state index is -0.249. The Morgan fingerprint density at radius 1 is 1.30 bits per heavy atom. The smallest absolute Gasteiger partial charge is 0.283 e. The third-order valence-corrected chi connectivity index (χ3v) is 5.71. The second-order valence-corrected chi connectivity index (χ2v) is 7.38. The van der Waals surface area contributed by atoms with Crippen molar-refractivity contribution < 1.29 is 9.84 Å². The zero-order valence-electron chi connectivity index (χ0n) is 14.3. The maximum atomic E-state index is 12.9. The Bertz CT molecular complexity index is 1180. The van der Waals surface area contributed by atoms with Crippen molar-refractivity contribution in [1.82, 2.24) is 9.66 Å². The number of aromatic nitrogens is 2. The number of rotatable bonds is 5. The van der Waals surface area contributed by atoms with Crippen LogP contribution in [-0.2, 0) is 0 Å². The first-order chi connectivity index (χ1) is 13.2. The van der Waals surface area contributed by atoms with E-state index in [4.69, 9.17) is 4.74 Å². The second-order valence-electron chi connectivity index (χ2n) is 5.57. The van der Waals surface area contributed by atoms with Crippen LogP contribution in [0.5, 0.6) is 11.5 Å². The number of thiophene rings is 2. The van der Waals surface area contributed by atoms with Gasteiger partial charge in [-0.3, -0.25) is 4.79 Å². The predicted octanol–water partition coefficient (Wildman–Crippen LogP) is 4.17. The van der Waals surface area contributed by atoms with Gasteiger partial charge in [0.2, 0.25) is 0 Å². The summed E-state index contributed by atoms with van der Waals surface area (Å²) in [6.45, 7) is 2.28. The zero-order chi connectivity index (χ0) is 18.8. The largest absolute Gasteiger partial charge is 0.504 e. The van der Waals surface area contributed by atoms with Crippen molar-refractivity contribution in [3.63, 3.8) is 0 Å². The van der Waals surface area contributed by atoms with Gasteiger partial charge in [0.1, 0.15) is 11.2 Å². The van der Waals surface area contributed by atoms with E-state index in [0.29, 0.717) is 28.1 Å². The van der Waals surface area contributed by atoms with E-state index in [1.165, 1.54) is 28.6 Å². The number of para-hydroxylation sites is 1. The lowest BCUT2D eigenvalue weighted by Gasteiger charge is -2.07. The van der Waals surface area contributed by atoms with Gasteiger partial charge in [0.15, 0.2) is 11.5 Å². The normalized spacial score (nSPS) is 11.4. The van der Waals surface area contributed by atoms with Crippen LogP contribution in [0.3, 0.4) is 0 Å². The molecule has 0 fully saturated rings. The molecule has 6 nitrogen and oxygen atoms in total. The third-order valence-electron chi connectivity index (χ3n) is 3.92. The summed E-state index contributed by atoms with van der Waals surface area (Å²) >= 11 is 3.01. The van der Waals surface area contributed by atoms with Crippen LogP contribution in [0.15, 0.2) is 57.3 Å². The molecule has 3 aromatic heterocycles. The molecule has 0 spiro atoms. The molecule has 0 unspecified atom stereocenters. The first-order valence-corrected chi connectivity index (χ1v) is 9.97. The number of benzene rings is 1. The van der Waals surface area contributed by atoms with Crippen molar-refractivity contribution >= 4 is 39.1 Å². The summed E-state index contributed by atoms with van der Waals surface area (Å²) in [6.07, 6.45) is 2.81. The van der Waals surface area contributed by atoms with Crippen LogP contribution < -0.4 is 10.3 Å². The van der Waals surface area contributed by atoms with Crippen molar-refractivity contribution in [1.29, 1.82) is 0 Å². The summed E-state index contributed by atoms with van der Waals surface area (Å²) in [5.74, 6) is 0.361. The average molecular weight is 397 g/mol. The Kier molecular flexibility index (Phi) is 4.74. The van der Waals surface area contributed by atoms with Crippen LogP contribution >= 0.6 is 22.7 Å². The predicted molar refractivity (Wildman–Crippen MR) is 109 cm³/mol. The molecule has 1 aromatic carbocycles. The zero-order valence-corrected chi connectivity index (χ0v) is 16.0. The van der Waals surface area contributed by atoms with Crippen molar-refractivity contribution in [2.45, 2.75) is 6.92 Å². The van der Waals surface area contributed by atoms with E-state index >= 15 is 0 Å². The van der Waals surface area contributed by atoms with Crippen LogP contribution in [0.2, 0.25) is 0 Å². The number of hydrogen-bond acceptors (Lipinski definition) is 7. The number of fused-ring (bicyclic) bond motifs is 1. The summed E-state index contributed by atoms with van der Waals surface area (Å²) in [5, 5.41) is 18.9. The molecular weight excluding hydrogens is 382 g/mol. The van der Waals surface area contributed by atoms with Gasteiger partial charge in [0, 0.05) is 21.4 Å². The molecule has 0 saturated carbocycles. The van der Waals surface area contributed by atoms with E-state index in [9.17, 15) is 9.90 Å². The number of phenolic OH excluding ortho intramolecular Hbond substituents is 1. The molecule has 1 N–H and O–H groups in total. The van der Waals surface area contributed by atoms with Crippen molar-refractivity contribution in [3.05, 3.63) is 63.3 Å². The van der Waals surface area contributed by atoms with Crippen molar-refractivity contribution in [3.8, 4) is 21.9 Å². The minimum absolute atomic E-state index is 0.0139. The minimum Gasteiger partial charge on any atom is -0.504 e. The summed E-state index contributed by atoms with van der Waals surface area (Å²) < 4.78 is 6.55. The molecule has 0 aliphatic carbocycles. The van der Waals surface area contributed by atoms with Crippen LogP contribution in [0.25, 0.3) is 20.7 Å². The van der Waals surface area contributed by atoms with Gasteiger partial charge >= 0.3 is 0 Å². The summed E-state index contributed by atoms with van der Waals surface area (Å²) in [6, 6.07) is 9.05. The van der Waals surface area contributed by atoms with Crippen LogP contribution in [0.1, 0.15) is 12.5 Å². The molecule has 0 saturated heterocycles. The molecule has 0 aliphatic rings. The van der Waals surface area contributed by atoms with Gasteiger partial charge in [-0.1, -0.05) is 12.1 Å². The molecule has 3 heterocycles. The van der Waals surface area contributed by atoms with Crippen LogP contribution in [0, 0.1) is 0 Å². The number of ether oxygens (including phenoxy) is 1. The lowest BCUT2D eigenvalue weighted by Crippen LogP contribution is -2.16. The van der Waals surface area contributed by atoms with Crippen molar-refractivity contribution in [2.24, 2.45) is 5.10 Å². The van der Waals surface area contributed by atoms with Crippen molar-refractivity contribution in [2.75, 3.05) is 6.61 Å². The van der Waals surface area contributed by atoms with E-state index in [1.54, 1.807) is 29.5 Å². The van der Waals surface area contributed by atoms with Gasteiger partial charge in [-0.2, -0.15) is 9.78 Å².